The van der Waals surface area contributed by atoms with E-state index in [-0.39, 0.29) is 18.0 Å². The van der Waals surface area contributed by atoms with Gasteiger partial charge in [0.15, 0.2) is 0 Å². The van der Waals surface area contributed by atoms with Crippen LogP contribution in [-0.4, -0.2) is 10.8 Å². The Morgan fingerprint density at radius 1 is 1.19 bits per heavy atom. The second-order valence-corrected chi connectivity index (χ2v) is 4.51. The van der Waals surface area contributed by atoms with E-state index in [9.17, 15) is 14.9 Å². The number of para-hydroxylation sites is 1. The van der Waals surface area contributed by atoms with Gasteiger partial charge < -0.3 is 11.1 Å². The van der Waals surface area contributed by atoms with Gasteiger partial charge in [0, 0.05) is 24.4 Å². The molecular formula is C15H15N3O3. The number of benzene rings is 2. The molecule has 6 heteroatoms. The van der Waals surface area contributed by atoms with E-state index >= 15 is 0 Å². The predicted octanol–water partition coefficient (Wildman–Crippen LogP) is 2.23. The van der Waals surface area contributed by atoms with E-state index in [4.69, 9.17) is 5.73 Å². The number of amides is 1. The van der Waals surface area contributed by atoms with Crippen molar-refractivity contribution in [1.82, 2.24) is 0 Å². The summed E-state index contributed by atoms with van der Waals surface area (Å²) in [6, 6.07) is 13.3. The molecule has 0 aromatic heterocycles. The van der Waals surface area contributed by atoms with E-state index in [1.165, 1.54) is 12.1 Å². The van der Waals surface area contributed by atoms with E-state index in [0.29, 0.717) is 17.8 Å². The Hall–Kier alpha value is -2.73. The molecule has 0 aliphatic carbocycles. The molecular weight excluding hydrogens is 270 g/mol. The first-order chi connectivity index (χ1) is 10.1. The lowest BCUT2D eigenvalue weighted by atomic mass is 10.1. The number of anilines is 1. The van der Waals surface area contributed by atoms with Gasteiger partial charge in [0.2, 0.25) is 5.91 Å². The van der Waals surface area contributed by atoms with Gasteiger partial charge in [-0.25, -0.2) is 0 Å². The number of nitrogens with two attached hydrogens (primary N) is 1. The smallest absolute Gasteiger partial charge is 0.269 e. The number of nitrogens with one attached hydrogen (secondary N) is 1. The molecule has 2 aromatic rings. The van der Waals surface area contributed by atoms with Gasteiger partial charge >= 0.3 is 0 Å². The lowest BCUT2D eigenvalue weighted by Crippen LogP contribution is -2.16. The quantitative estimate of drug-likeness (QED) is 0.650. The van der Waals surface area contributed by atoms with E-state index in [2.05, 4.69) is 5.32 Å². The third kappa shape index (κ3) is 3.87. The normalized spacial score (nSPS) is 10.1. The van der Waals surface area contributed by atoms with Crippen LogP contribution in [0.3, 0.4) is 0 Å². The second-order valence-electron chi connectivity index (χ2n) is 4.51. The zero-order valence-electron chi connectivity index (χ0n) is 11.3. The highest BCUT2D eigenvalue weighted by Crippen LogP contribution is 2.16. The van der Waals surface area contributed by atoms with Gasteiger partial charge in [-0.1, -0.05) is 30.3 Å². The number of nitro benzene ring substituents is 1. The number of hydrogen-bond acceptors (Lipinski definition) is 4. The van der Waals surface area contributed by atoms with Crippen LogP contribution in [-0.2, 0) is 17.8 Å². The highest BCUT2D eigenvalue weighted by Gasteiger charge is 2.10. The minimum absolute atomic E-state index is 0.0253. The fourth-order valence-corrected chi connectivity index (χ4v) is 1.98. The van der Waals surface area contributed by atoms with Crippen molar-refractivity contribution >= 4 is 17.3 Å². The highest BCUT2D eigenvalue weighted by molar-refractivity contribution is 5.93. The molecule has 0 atom stereocenters. The van der Waals surface area contributed by atoms with E-state index in [1.54, 1.807) is 18.2 Å². The van der Waals surface area contributed by atoms with Crippen molar-refractivity contribution < 1.29 is 9.72 Å². The van der Waals surface area contributed by atoms with Crippen molar-refractivity contribution in [3.8, 4) is 0 Å². The maximum atomic E-state index is 12.0. The summed E-state index contributed by atoms with van der Waals surface area (Å²) >= 11 is 0. The van der Waals surface area contributed by atoms with Crippen LogP contribution in [0.1, 0.15) is 11.1 Å². The zero-order valence-corrected chi connectivity index (χ0v) is 11.3. The van der Waals surface area contributed by atoms with Crippen molar-refractivity contribution in [2.45, 2.75) is 13.0 Å². The summed E-state index contributed by atoms with van der Waals surface area (Å²) < 4.78 is 0. The van der Waals surface area contributed by atoms with Gasteiger partial charge in [-0.3, -0.25) is 14.9 Å². The van der Waals surface area contributed by atoms with Gasteiger partial charge in [-0.15, -0.1) is 0 Å². The van der Waals surface area contributed by atoms with Crippen molar-refractivity contribution in [2.75, 3.05) is 5.32 Å². The molecule has 0 saturated carbocycles. The molecule has 0 unspecified atom stereocenters. The Morgan fingerprint density at radius 2 is 1.95 bits per heavy atom. The second kappa shape index (κ2) is 6.62. The van der Waals surface area contributed by atoms with Gasteiger partial charge in [0.25, 0.3) is 5.69 Å². The highest BCUT2D eigenvalue weighted by atomic mass is 16.6. The molecule has 0 saturated heterocycles. The van der Waals surface area contributed by atoms with Crippen LogP contribution in [0.5, 0.6) is 0 Å². The zero-order chi connectivity index (χ0) is 15.2. The summed E-state index contributed by atoms with van der Waals surface area (Å²) in [5.74, 6) is -0.239. The molecule has 6 nitrogen and oxygen atoms in total. The van der Waals surface area contributed by atoms with Crippen LogP contribution in [0, 0.1) is 10.1 Å². The largest absolute Gasteiger partial charge is 0.326 e. The topological polar surface area (TPSA) is 98.3 Å². The van der Waals surface area contributed by atoms with Gasteiger partial charge in [0.05, 0.1) is 11.3 Å². The van der Waals surface area contributed by atoms with Gasteiger partial charge in [0.1, 0.15) is 0 Å². The first kappa shape index (κ1) is 14.7. The molecule has 0 radical (unpaired) electrons. The number of carbonyl (C=O) groups is 1. The minimum atomic E-state index is -0.481. The Bertz CT molecular complexity index is 671. The Morgan fingerprint density at radius 3 is 2.67 bits per heavy atom. The summed E-state index contributed by atoms with van der Waals surface area (Å²) in [6.45, 7) is 0.327. The van der Waals surface area contributed by atoms with E-state index < -0.39 is 4.92 Å². The summed E-state index contributed by atoms with van der Waals surface area (Å²) in [4.78, 5) is 22.2. The molecule has 1 amide bonds. The van der Waals surface area contributed by atoms with Crippen LogP contribution in [0.4, 0.5) is 11.4 Å². The molecule has 0 bridgehead atoms. The van der Waals surface area contributed by atoms with Crippen molar-refractivity contribution in [3.63, 3.8) is 0 Å². The van der Waals surface area contributed by atoms with E-state index in [1.807, 2.05) is 18.2 Å². The standard InChI is InChI=1S/C15H15N3O3/c16-10-12-5-1-2-7-14(12)17-15(19)9-11-4-3-6-13(8-11)18(20)21/h1-8H,9-10,16H2,(H,17,19). The van der Waals surface area contributed by atoms with E-state index in [0.717, 1.165) is 5.56 Å². The number of carbonyl (C=O) groups excluding carboxylic acids is 1. The summed E-state index contributed by atoms with van der Waals surface area (Å²) in [5.41, 5.74) is 7.67. The SMILES string of the molecule is NCc1ccccc1NC(=O)Cc1cccc([N+](=O)[O-])c1. The van der Waals surface area contributed by atoms with Crippen molar-refractivity contribution in [2.24, 2.45) is 5.73 Å². The Labute approximate surface area is 121 Å². The third-order valence-electron chi connectivity index (χ3n) is 3.00. The molecule has 2 aromatic carbocycles. The molecule has 0 aliphatic heterocycles. The first-order valence-electron chi connectivity index (χ1n) is 6.41. The summed E-state index contributed by atoms with van der Waals surface area (Å²) in [5, 5.41) is 13.5. The van der Waals surface area contributed by atoms with Gasteiger partial charge in [-0.2, -0.15) is 0 Å². The number of non-ortho nitro benzene ring substituents is 1. The molecule has 0 spiro atoms. The summed E-state index contributed by atoms with van der Waals surface area (Å²) in [6.07, 6.45) is 0.0700. The molecule has 21 heavy (non-hydrogen) atoms. The van der Waals surface area contributed by atoms with Crippen LogP contribution in [0.25, 0.3) is 0 Å². The molecule has 0 aliphatic rings. The average Bonchev–Trinajstić information content (AvgIpc) is 2.48. The molecule has 3 N–H and O–H groups in total. The first-order valence-corrected chi connectivity index (χ1v) is 6.41. The van der Waals surface area contributed by atoms with Crippen molar-refractivity contribution in [1.29, 1.82) is 0 Å². The van der Waals surface area contributed by atoms with Crippen molar-refractivity contribution in [3.05, 3.63) is 69.8 Å². The number of nitrogens with zero attached hydrogens (tertiary/aromatic N) is 1. The average molecular weight is 285 g/mol. The van der Waals surface area contributed by atoms with Crippen LogP contribution < -0.4 is 11.1 Å². The maximum absolute atomic E-state index is 12.0. The maximum Gasteiger partial charge on any atom is 0.269 e. The number of nitro groups is 1. The van der Waals surface area contributed by atoms with Crippen LogP contribution >= 0.6 is 0 Å². The Balaban J connectivity index is 2.08. The predicted molar refractivity (Wildman–Crippen MR) is 79.8 cm³/mol. The number of rotatable bonds is 5. The lowest BCUT2D eigenvalue weighted by molar-refractivity contribution is -0.384. The third-order valence-corrected chi connectivity index (χ3v) is 3.00. The molecule has 108 valence electrons. The fraction of sp³-hybridized carbons (Fsp3) is 0.133. The molecule has 2 rings (SSSR count). The summed E-state index contributed by atoms with van der Waals surface area (Å²) in [7, 11) is 0. The van der Waals surface area contributed by atoms with Crippen LogP contribution in [0.2, 0.25) is 0 Å². The number of hydrogen-bond donors (Lipinski definition) is 2. The Kier molecular flexibility index (Phi) is 4.63. The fourth-order valence-electron chi connectivity index (χ4n) is 1.98. The van der Waals surface area contributed by atoms with Crippen LogP contribution in [0.15, 0.2) is 48.5 Å². The monoisotopic (exact) mass is 285 g/mol. The van der Waals surface area contributed by atoms with Gasteiger partial charge in [-0.05, 0) is 17.2 Å². The molecule has 0 heterocycles. The lowest BCUT2D eigenvalue weighted by Gasteiger charge is -2.09. The molecule has 0 fully saturated rings. The minimum Gasteiger partial charge on any atom is -0.326 e.